The Bertz CT molecular complexity index is 78.3. The van der Waals surface area contributed by atoms with Crippen LogP contribution in [0.2, 0.25) is 0 Å². The molecule has 1 rings (SSSR count). The molecule has 0 aliphatic carbocycles. The quantitative estimate of drug-likeness (QED) is 0.624. The second kappa shape index (κ2) is 4.01. The molecule has 1 heterocycles. The van der Waals surface area contributed by atoms with E-state index in [-0.39, 0.29) is 0 Å². The minimum Gasteiger partial charge on any atom is -0.395 e. The van der Waals surface area contributed by atoms with E-state index >= 15 is 0 Å². The predicted octanol–water partition coefficient (Wildman–Crippen LogP) is 1.08. The van der Waals surface area contributed by atoms with Crippen LogP contribution in [0.4, 0.5) is 0 Å². The van der Waals surface area contributed by atoms with Gasteiger partial charge in [0.05, 0.1) is 11.2 Å². The first-order valence-electron chi connectivity index (χ1n) is 2.85. The van der Waals surface area contributed by atoms with Crippen molar-refractivity contribution < 1.29 is 5.11 Å². The van der Waals surface area contributed by atoms with Crippen molar-refractivity contribution in [2.75, 3.05) is 18.1 Å². The highest BCUT2D eigenvalue weighted by Crippen LogP contribution is 2.37. The van der Waals surface area contributed by atoms with Gasteiger partial charge in [-0.05, 0) is 0 Å². The zero-order valence-electron chi connectivity index (χ0n) is 4.99. The van der Waals surface area contributed by atoms with Crippen LogP contribution in [0, 0.1) is 0 Å². The summed E-state index contributed by atoms with van der Waals surface area (Å²) in [5.74, 6) is 2.01. The van der Waals surface area contributed by atoms with E-state index < -0.39 is 0 Å². The van der Waals surface area contributed by atoms with E-state index in [1.165, 1.54) is 0 Å². The first kappa shape index (κ1) is 8.11. The molecule has 1 N–H and O–H groups in total. The predicted molar refractivity (Wildman–Crippen MR) is 48.6 cm³/mol. The Balaban J connectivity index is 2.20. The molecule has 9 heavy (non-hydrogen) atoms. The summed E-state index contributed by atoms with van der Waals surface area (Å²) in [6.07, 6.45) is 0. The highest BCUT2D eigenvalue weighted by atomic mass is 32.2. The molecule has 4 heteroatoms. The van der Waals surface area contributed by atoms with E-state index in [0.29, 0.717) is 16.4 Å². The third kappa shape index (κ3) is 2.26. The molecule has 1 nitrogen and oxygen atoms in total. The van der Waals surface area contributed by atoms with Crippen LogP contribution in [0.3, 0.4) is 0 Å². The Morgan fingerprint density at radius 3 is 2.78 bits per heavy atom. The van der Waals surface area contributed by atoms with Crippen LogP contribution in [-0.2, 0) is 0 Å². The summed E-state index contributed by atoms with van der Waals surface area (Å²) in [7, 11) is 0. The lowest BCUT2D eigenvalue weighted by molar-refractivity contribution is 0.301. The molecular weight excluding hydrogens is 172 g/mol. The van der Waals surface area contributed by atoms with E-state index in [0.717, 1.165) is 11.5 Å². The minimum atomic E-state index is 0.321. The van der Waals surface area contributed by atoms with Crippen molar-refractivity contribution in [3.63, 3.8) is 0 Å². The van der Waals surface area contributed by atoms with Crippen LogP contribution >= 0.6 is 36.2 Å². The van der Waals surface area contributed by atoms with E-state index in [1.807, 2.05) is 23.5 Å². The normalized spacial score (nSPS) is 35.3. The third-order valence-corrected chi connectivity index (χ3v) is 5.28. The summed E-state index contributed by atoms with van der Waals surface area (Å²) in [5, 5.41) is 9.19. The lowest BCUT2D eigenvalue weighted by atomic mass is 10.5. The average Bonchev–Trinajstić information content (AvgIpc) is 2.34. The van der Waals surface area contributed by atoms with Gasteiger partial charge in [-0.2, -0.15) is 12.6 Å². The van der Waals surface area contributed by atoms with Gasteiger partial charge in [0.15, 0.2) is 0 Å². The van der Waals surface area contributed by atoms with E-state index in [1.54, 1.807) is 0 Å². The van der Waals surface area contributed by atoms with E-state index in [2.05, 4.69) is 12.6 Å². The van der Waals surface area contributed by atoms with Crippen molar-refractivity contribution in [1.82, 2.24) is 0 Å². The summed E-state index contributed by atoms with van der Waals surface area (Å²) >= 11 is 7.92. The van der Waals surface area contributed by atoms with Gasteiger partial charge in [0.25, 0.3) is 0 Å². The molecule has 0 saturated carbocycles. The Morgan fingerprint density at radius 2 is 2.44 bits per heavy atom. The molecule has 1 aliphatic rings. The van der Waals surface area contributed by atoms with Gasteiger partial charge in [0.1, 0.15) is 0 Å². The van der Waals surface area contributed by atoms with Gasteiger partial charge in [-0.15, -0.1) is 23.5 Å². The maximum Gasteiger partial charge on any atom is 0.0594 e. The largest absolute Gasteiger partial charge is 0.395 e. The molecule has 0 aromatic rings. The molecular formula is C5H10OS3. The highest BCUT2D eigenvalue weighted by molar-refractivity contribution is 8.21. The first-order chi connectivity index (χ1) is 4.36. The van der Waals surface area contributed by atoms with Gasteiger partial charge in [-0.25, -0.2) is 0 Å². The molecule has 0 amide bonds. The Morgan fingerprint density at radius 1 is 1.67 bits per heavy atom. The highest BCUT2D eigenvalue weighted by Gasteiger charge is 2.23. The molecule has 1 aliphatic heterocycles. The average molecular weight is 182 g/mol. The van der Waals surface area contributed by atoms with Crippen LogP contribution in [0.25, 0.3) is 0 Å². The van der Waals surface area contributed by atoms with E-state index in [9.17, 15) is 0 Å². The van der Waals surface area contributed by atoms with Gasteiger partial charge in [-0.3, -0.25) is 0 Å². The number of aliphatic hydroxyl groups is 1. The van der Waals surface area contributed by atoms with Crippen molar-refractivity contribution in [1.29, 1.82) is 0 Å². The van der Waals surface area contributed by atoms with E-state index in [4.69, 9.17) is 5.11 Å². The molecule has 0 aromatic heterocycles. The van der Waals surface area contributed by atoms with Crippen LogP contribution < -0.4 is 0 Å². The summed E-state index contributed by atoms with van der Waals surface area (Å²) < 4.78 is 0.616. The fourth-order valence-electron chi connectivity index (χ4n) is 0.699. The zero-order valence-corrected chi connectivity index (χ0v) is 7.51. The topological polar surface area (TPSA) is 20.2 Å². The summed E-state index contributed by atoms with van der Waals surface area (Å²) in [6, 6.07) is 0. The van der Waals surface area contributed by atoms with Gasteiger partial charge >= 0.3 is 0 Å². The van der Waals surface area contributed by atoms with Crippen LogP contribution in [-0.4, -0.2) is 33.1 Å². The van der Waals surface area contributed by atoms with Crippen molar-refractivity contribution in [2.24, 2.45) is 0 Å². The van der Waals surface area contributed by atoms with Crippen molar-refractivity contribution in [2.45, 2.75) is 9.83 Å². The number of rotatable bonds is 2. The molecule has 54 valence electrons. The van der Waals surface area contributed by atoms with Crippen LogP contribution in [0.15, 0.2) is 0 Å². The molecule has 0 aromatic carbocycles. The standard InChI is InChI=1S/C5H10OS3/c6-1-4-3-8-5(2-7)9-4/h4-7H,1-3H2. The molecule has 2 unspecified atom stereocenters. The number of thiol groups is 1. The molecule has 2 atom stereocenters. The smallest absolute Gasteiger partial charge is 0.0594 e. The third-order valence-electron chi connectivity index (χ3n) is 1.16. The van der Waals surface area contributed by atoms with Crippen LogP contribution in [0.5, 0.6) is 0 Å². The molecule has 0 radical (unpaired) electrons. The number of thioether (sulfide) groups is 2. The molecule has 1 saturated heterocycles. The van der Waals surface area contributed by atoms with Gasteiger partial charge in [-0.1, -0.05) is 0 Å². The molecule has 0 spiro atoms. The fourth-order valence-corrected chi connectivity index (χ4v) is 4.09. The lowest BCUT2D eigenvalue weighted by Crippen LogP contribution is -2.06. The van der Waals surface area contributed by atoms with Crippen molar-refractivity contribution >= 4 is 36.2 Å². The summed E-state index contributed by atoms with van der Waals surface area (Å²) in [6.45, 7) is 0.321. The lowest BCUT2D eigenvalue weighted by Gasteiger charge is -2.02. The van der Waals surface area contributed by atoms with Gasteiger partial charge in [0, 0.05) is 16.8 Å². The maximum atomic E-state index is 8.72. The van der Waals surface area contributed by atoms with Crippen molar-refractivity contribution in [3.05, 3.63) is 0 Å². The number of hydrogen-bond acceptors (Lipinski definition) is 4. The number of hydrogen-bond donors (Lipinski definition) is 2. The SMILES string of the molecule is OCC1CSC(CS)S1. The Labute approximate surface area is 69.4 Å². The molecule has 1 fully saturated rings. The monoisotopic (exact) mass is 182 g/mol. The number of aliphatic hydroxyl groups excluding tert-OH is 1. The minimum absolute atomic E-state index is 0.321. The van der Waals surface area contributed by atoms with Crippen LogP contribution in [0.1, 0.15) is 0 Å². The van der Waals surface area contributed by atoms with Gasteiger partial charge in [0.2, 0.25) is 0 Å². The zero-order chi connectivity index (χ0) is 6.69. The Hall–Kier alpha value is 1.01. The molecule has 0 bridgehead atoms. The fraction of sp³-hybridized carbons (Fsp3) is 1.00. The Kier molecular flexibility index (Phi) is 3.61. The summed E-state index contributed by atoms with van der Waals surface area (Å²) in [4.78, 5) is 0. The summed E-state index contributed by atoms with van der Waals surface area (Å²) in [5.41, 5.74) is 0. The maximum absolute atomic E-state index is 8.72. The van der Waals surface area contributed by atoms with Crippen molar-refractivity contribution in [3.8, 4) is 0 Å². The first-order valence-corrected chi connectivity index (χ1v) is 5.48. The van der Waals surface area contributed by atoms with Gasteiger partial charge < -0.3 is 5.11 Å². The second-order valence-corrected chi connectivity index (χ2v) is 5.29. The second-order valence-electron chi connectivity index (χ2n) is 1.89.